The van der Waals surface area contributed by atoms with Gasteiger partial charge in [0.25, 0.3) is 0 Å². The average molecular weight is 419 g/mol. The van der Waals surface area contributed by atoms with E-state index in [4.69, 9.17) is 18.9 Å². The zero-order valence-electron chi connectivity index (χ0n) is 17.9. The third-order valence-electron chi connectivity index (χ3n) is 5.51. The highest BCUT2D eigenvalue weighted by Crippen LogP contribution is 2.29. The Kier molecular flexibility index (Phi) is 7.86. The van der Waals surface area contributed by atoms with E-state index >= 15 is 0 Å². The zero-order valence-corrected chi connectivity index (χ0v) is 17.9. The van der Waals surface area contributed by atoms with Crippen LogP contribution < -0.4 is 0 Å². The molecule has 0 bridgehead atoms. The van der Waals surface area contributed by atoms with Crippen LogP contribution in [0.2, 0.25) is 0 Å². The fourth-order valence-electron chi connectivity index (χ4n) is 3.88. The predicted octanol–water partition coefficient (Wildman–Crippen LogP) is 5.16. The molecule has 1 aliphatic heterocycles. The van der Waals surface area contributed by atoms with Crippen LogP contribution in [0.1, 0.15) is 23.6 Å². The lowest BCUT2D eigenvalue weighted by Gasteiger charge is -2.24. The first kappa shape index (κ1) is 21.7. The van der Waals surface area contributed by atoms with Gasteiger partial charge in [-0.2, -0.15) is 0 Å². The molecule has 4 rings (SSSR count). The summed E-state index contributed by atoms with van der Waals surface area (Å²) in [5.41, 5.74) is 3.42. The molecular formula is C27H30O4. The average Bonchev–Trinajstić information content (AvgIpc) is 3.12. The van der Waals surface area contributed by atoms with E-state index in [9.17, 15) is 0 Å². The molecule has 0 saturated carbocycles. The van der Waals surface area contributed by atoms with E-state index in [2.05, 4.69) is 36.4 Å². The van der Waals surface area contributed by atoms with E-state index in [0.717, 1.165) is 16.7 Å². The van der Waals surface area contributed by atoms with Crippen molar-refractivity contribution in [1.82, 2.24) is 0 Å². The maximum Gasteiger partial charge on any atom is 0.115 e. The Balaban J connectivity index is 1.39. The van der Waals surface area contributed by atoms with Crippen molar-refractivity contribution in [3.8, 4) is 0 Å². The van der Waals surface area contributed by atoms with Crippen molar-refractivity contribution < 1.29 is 18.9 Å². The van der Waals surface area contributed by atoms with E-state index in [1.54, 1.807) is 0 Å². The standard InChI is InChI=1S/C27H30O4/c1-21-26(29-18-23-13-7-3-8-14-23)27(30-19-24-15-9-4-10-16-24)25(31-21)20-28-17-22-11-5-2-6-12-22/h2-16,21,25-27H,17-20H2,1H3/t21?,25-,26+,27-/m1/s1. The molecule has 3 aromatic rings. The summed E-state index contributed by atoms with van der Waals surface area (Å²) in [6.45, 7) is 4.11. The molecule has 31 heavy (non-hydrogen) atoms. The van der Waals surface area contributed by atoms with Crippen molar-refractivity contribution in [3.63, 3.8) is 0 Å². The molecule has 162 valence electrons. The maximum absolute atomic E-state index is 6.35. The lowest BCUT2D eigenvalue weighted by molar-refractivity contribution is -0.0897. The molecule has 1 unspecified atom stereocenters. The molecule has 1 aliphatic rings. The lowest BCUT2D eigenvalue weighted by Crippen LogP contribution is -2.38. The van der Waals surface area contributed by atoms with Crippen LogP contribution in [0.3, 0.4) is 0 Å². The van der Waals surface area contributed by atoms with Crippen molar-refractivity contribution in [2.24, 2.45) is 0 Å². The van der Waals surface area contributed by atoms with E-state index in [-0.39, 0.29) is 24.4 Å². The third kappa shape index (κ3) is 6.25. The van der Waals surface area contributed by atoms with Gasteiger partial charge in [-0.15, -0.1) is 0 Å². The third-order valence-corrected chi connectivity index (χ3v) is 5.51. The Morgan fingerprint density at radius 2 is 1.06 bits per heavy atom. The van der Waals surface area contributed by atoms with Crippen LogP contribution in [0.15, 0.2) is 91.0 Å². The fraction of sp³-hybridized carbons (Fsp3) is 0.333. The summed E-state index contributed by atoms with van der Waals surface area (Å²) in [7, 11) is 0. The summed E-state index contributed by atoms with van der Waals surface area (Å²) in [5.74, 6) is 0. The summed E-state index contributed by atoms with van der Waals surface area (Å²) in [4.78, 5) is 0. The van der Waals surface area contributed by atoms with Crippen molar-refractivity contribution in [1.29, 1.82) is 0 Å². The summed E-state index contributed by atoms with van der Waals surface area (Å²) in [6.07, 6.45) is -0.609. The van der Waals surface area contributed by atoms with Gasteiger partial charge in [-0.3, -0.25) is 0 Å². The first-order chi connectivity index (χ1) is 15.3. The van der Waals surface area contributed by atoms with E-state index in [0.29, 0.717) is 26.4 Å². The lowest BCUT2D eigenvalue weighted by atomic mass is 10.1. The minimum absolute atomic E-state index is 0.0742. The summed E-state index contributed by atoms with van der Waals surface area (Å²) < 4.78 is 24.8. The molecule has 3 aromatic carbocycles. The van der Waals surface area contributed by atoms with Crippen LogP contribution in [-0.2, 0) is 38.8 Å². The highest BCUT2D eigenvalue weighted by atomic mass is 16.6. The van der Waals surface area contributed by atoms with Gasteiger partial charge >= 0.3 is 0 Å². The van der Waals surface area contributed by atoms with E-state index in [1.807, 2.05) is 61.5 Å². The molecule has 1 saturated heterocycles. The largest absolute Gasteiger partial charge is 0.374 e. The topological polar surface area (TPSA) is 36.9 Å². The van der Waals surface area contributed by atoms with Crippen LogP contribution in [0.4, 0.5) is 0 Å². The minimum atomic E-state index is -0.199. The van der Waals surface area contributed by atoms with Crippen molar-refractivity contribution in [2.75, 3.05) is 6.61 Å². The molecule has 0 aromatic heterocycles. The Bertz CT molecular complexity index is 885. The monoisotopic (exact) mass is 418 g/mol. The van der Waals surface area contributed by atoms with Crippen molar-refractivity contribution >= 4 is 0 Å². The van der Waals surface area contributed by atoms with Gasteiger partial charge in [-0.05, 0) is 23.6 Å². The Morgan fingerprint density at radius 1 is 0.613 bits per heavy atom. The summed E-state index contributed by atoms with van der Waals surface area (Å²) >= 11 is 0. The Labute approximate surface area is 184 Å². The number of hydrogen-bond acceptors (Lipinski definition) is 4. The van der Waals surface area contributed by atoms with Gasteiger partial charge in [0.1, 0.15) is 18.3 Å². The summed E-state index contributed by atoms with van der Waals surface area (Å²) in [6, 6.07) is 30.6. The van der Waals surface area contributed by atoms with Gasteiger partial charge in [-0.25, -0.2) is 0 Å². The normalized spacial score (nSPS) is 23.1. The van der Waals surface area contributed by atoms with Crippen molar-refractivity contribution in [2.45, 2.75) is 51.2 Å². The maximum atomic E-state index is 6.35. The SMILES string of the molecule is CC1O[C@H](COCc2ccccc2)[C@@H](OCc2ccccc2)[C@H]1OCc1ccccc1. The quantitative estimate of drug-likeness (QED) is 0.456. The predicted molar refractivity (Wildman–Crippen MR) is 120 cm³/mol. The smallest absolute Gasteiger partial charge is 0.115 e. The molecule has 4 nitrogen and oxygen atoms in total. The van der Waals surface area contributed by atoms with Gasteiger partial charge < -0.3 is 18.9 Å². The van der Waals surface area contributed by atoms with Gasteiger partial charge in [0.05, 0.1) is 32.5 Å². The molecule has 0 spiro atoms. The van der Waals surface area contributed by atoms with Crippen LogP contribution in [0, 0.1) is 0 Å². The molecule has 0 amide bonds. The van der Waals surface area contributed by atoms with Crippen LogP contribution in [0.5, 0.6) is 0 Å². The number of benzene rings is 3. The Hall–Kier alpha value is -2.50. The molecule has 4 atom stereocenters. The molecule has 4 heteroatoms. The fourth-order valence-corrected chi connectivity index (χ4v) is 3.88. The second-order valence-electron chi connectivity index (χ2n) is 7.90. The molecule has 0 N–H and O–H groups in total. The Morgan fingerprint density at radius 3 is 1.58 bits per heavy atom. The van der Waals surface area contributed by atoms with Crippen LogP contribution >= 0.6 is 0 Å². The van der Waals surface area contributed by atoms with Gasteiger partial charge in [0.15, 0.2) is 0 Å². The molecule has 0 radical (unpaired) electrons. The highest BCUT2D eigenvalue weighted by molar-refractivity contribution is 5.15. The summed E-state index contributed by atoms with van der Waals surface area (Å²) in [5, 5.41) is 0. The number of hydrogen-bond donors (Lipinski definition) is 0. The first-order valence-electron chi connectivity index (χ1n) is 10.9. The minimum Gasteiger partial charge on any atom is -0.374 e. The molecular weight excluding hydrogens is 388 g/mol. The second kappa shape index (κ2) is 11.2. The molecule has 1 fully saturated rings. The molecule has 0 aliphatic carbocycles. The van der Waals surface area contributed by atoms with Crippen LogP contribution in [0.25, 0.3) is 0 Å². The highest BCUT2D eigenvalue weighted by Gasteiger charge is 2.44. The van der Waals surface area contributed by atoms with Crippen molar-refractivity contribution in [3.05, 3.63) is 108 Å². The van der Waals surface area contributed by atoms with E-state index in [1.165, 1.54) is 0 Å². The van der Waals surface area contributed by atoms with Gasteiger partial charge in [0.2, 0.25) is 0 Å². The van der Waals surface area contributed by atoms with E-state index < -0.39 is 0 Å². The zero-order chi connectivity index (χ0) is 21.3. The number of rotatable bonds is 10. The van der Waals surface area contributed by atoms with Gasteiger partial charge in [-0.1, -0.05) is 91.0 Å². The second-order valence-corrected chi connectivity index (χ2v) is 7.90. The van der Waals surface area contributed by atoms with Crippen LogP contribution in [-0.4, -0.2) is 31.0 Å². The van der Waals surface area contributed by atoms with Gasteiger partial charge in [0, 0.05) is 0 Å². The molecule has 1 heterocycles. The first-order valence-corrected chi connectivity index (χ1v) is 10.9. The number of ether oxygens (including phenoxy) is 4.